The zero-order valence-electron chi connectivity index (χ0n) is 18.7. The standard InChI is InChI=1S/C24H48O2/c1-6-10-13-14-15-16-19-23(21(5)17-11-7-2)20-26-24(25)22(9-4)18-12-8-3/h21-23H,6-20H2,1-5H3. The fourth-order valence-corrected chi connectivity index (χ4v) is 3.73. The molecule has 0 aliphatic heterocycles. The first-order valence-electron chi connectivity index (χ1n) is 11.8. The first kappa shape index (κ1) is 25.5. The van der Waals surface area contributed by atoms with Gasteiger partial charge < -0.3 is 4.74 Å². The van der Waals surface area contributed by atoms with Crippen LogP contribution in [0.2, 0.25) is 0 Å². The Morgan fingerprint density at radius 3 is 1.92 bits per heavy atom. The molecule has 0 amide bonds. The lowest BCUT2D eigenvalue weighted by atomic mass is 9.86. The molecule has 2 nitrogen and oxygen atoms in total. The van der Waals surface area contributed by atoms with E-state index in [0.29, 0.717) is 18.4 Å². The molecule has 0 N–H and O–H groups in total. The number of carbonyl (C=O) groups is 1. The van der Waals surface area contributed by atoms with Crippen molar-refractivity contribution >= 4 is 5.97 Å². The van der Waals surface area contributed by atoms with E-state index in [4.69, 9.17) is 4.74 Å². The second-order valence-electron chi connectivity index (χ2n) is 8.31. The molecular weight excluding hydrogens is 320 g/mol. The van der Waals surface area contributed by atoms with Crippen molar-refractivity contribution in [2.45, 2.75) is 125 Å². The molecule has 3 unspecified atom stereocenters. The lowest BCUT2D eigenvalue weighted by molar-refractivity contribution is -0.151. The van der Waals surface area contributed by atoms with E-state index in [1.165, 1.54) is 64.2 Å². The van der Waals surface area contributed by atoms with E-state index in [0.717, 1.165) is 25.7 Å². The lowest BCUT2D eigenvalue weighted by Gasteiger charge is -2.25. The molecular formula is C24H48O2. The lowest BCUT2D eigenvalue weighted by Crippen LogP contribution is -2.24. The van der Waals surface area contributed by atoms with Gasteiger partial charge >= 0.3 is 5.97 Å². The minimum absolute atomic E-state index is 0.0524. The van der Waals surface area contributed by atoms with Crippen LogP contribution in [0.5, 0.6) is 0 Å². The molecule has 26 heavy (non-hydrogen) atoms. The molecule has 0 spiro atoms. The Bertz CT molecular complexity index is 313. The highest BCUT2D eigenvalue weighted by Crippen LogP contribution is 2.25. The quantitative estimate of drug-likeness (QED) is 0.181. The van der Waals surface area contributed by atoms with Gasteiger partial charge in [0.05, 0.1) is 12.5 Å². The monoisotopic (exact) mass is 368 g/mol. The minimum Gasteiger partial charge on any atom is -0.465 e. The molecule has 3 atom stereocenters. The van der Waals surface area contributed by atoms with Crippen LogP contribution >= 0.6 is 0 Å². The molecule has 0 bridgehead atoms. The number of ether oxygens (including phenoxy) is 1. The molecule has 0 rings (SSSR count). The zero-order valence-corrected chi connectivity index (χ0v) is 18.7. The van der Waals surface area contributed by atoms with Crippen LogP contribution in [-0.4, -0.2) is 12.6 Å². The van der Waals surface area contributed by atoms with Gasteiger partial charge in [0.2, 0.25) is 0 Å². The second kappa shape index (κ2) is 17.9. The molecule has 0 aliphatic carbocycles. The fourth-order valence-electron chi connectivity index (χ4n) is 3.73. The average molecular weight is 369 g/mol. The summed E-state index contributed by atoms with van der Waals surface area (Å²) in [6.07, 6.45) is 17.2. The summed E-state index contributed by atoms with van der Waals surface area (Å²) in [5.41, 5.74) is 0. The minimum atomic E-state index is 0.0524. The summed E-state index contributed by atoms with van der Waals surface area (Å²) in [6.45, 7) is 11.8. The van der Waals surface area contributed by atoms with Gasteiger partial charge in [0.25, 0.3) is 0 Å². The van der Waals surface area contributed by atoms with Gasteiger partial charge in [-0.05, 0) is 31.1 Å². The smallest absolute Gasteiger partial charge is 0.308 e. The van der Waals surface area contributed by atoms with Gasteiger partial charge in [-0.25, -0.2) is 0 Å². The summed E-state index contributed by atoms with van der Waals surface area (Å²) >= 11 is 0. The van der Waals surface area contributed by atoms with E-state index < -0.39 is 0 Å². The molecule has 0 aliphatic rings. The fraction of sp³-hybridized carbons (Fsp3) is 0.958. The van der Waals surface area contributed by atoms with E-state index in [2.05, 4.69) is 34.6 Å². The third kappa shape index (κ3) is 12.8. The highest BCUT2D eigenvalue weighted by atomic mass is 16.5. The zero-order chi connectivity index (χ0) is 19.6. The predicted molar refractivity (Wildman–Crippen MR) is 114 cm³/mol. The molecule has 0 aromatic rings. The Morgan fingerprint density at radius 1 is 0.731 bits per heavy atom. The van der Waals surface area contributed by atoms with Crippen LogP contribution < -0.4 is 0 Å². The van der Waals surface area contributed by atoms with E-state index >= 15 is 0 Å². The van der Waals surface area contributed by atoms with Crippen molar-refractivity contribution in [2.24, 2.45) is 17.8 Å². The van der Waals surface area contributed by atoms with Gasteiger partial charge in [0, 0.05) is 0 Å². The van der Waals surface area contributed by atoms with Crippen LogP contribution in [0.15, 0.2) is 0 Å². The summed E-state index contributed by atoms with van der Waals surface area (Å²) in [5, 5.41) is 0. The third-order valence-electron chi connectivity index (χ3n) is 5.92. The first-order chi connectivity index (χ1) is 12.6. The molecule has 0 fully saturated rings. The SMILES string of the molecule is CCCCCCCCC(COC(=O)C(CC)CCCC)C(C)CCCC. The predicted octanol–water partition coefficient (Wildman–Crippen LogP) is 7.94. The van der Waals surface area contributed by atoms with E-state index in [-0.39, 0.29) is 11.9 Å². The van der Waals surface area contributed by atoms with E-state index in [1.54, 1.807) is 0 Å². The van der Waals surface area contributed by atoms with Crippen molar-refractivity contribution in [1.29, 1.82) is 0 Å². The summed E-state index contributed by atoms with van der Waals surface area (Å²) < 4.78 is 5.81. The number of hydrogen-bond acceptors (Lipinski definition) is 2. The van der Waals surface area contributed by atoms with E-state index in [9.17, 15) is 4.79 Å². The largest absolute Gasteiger partial charge is 0.465 e. The van der Waals surface area contributed by atoms with Crippen LogP contribution in [0.4, 0.5) is 0 Å². The van der Waals surface area contributed by atoms with Gasteiger partial charge in [-0.1, -0.05) is 105 Å². The maximum absolute atomic E-state index is 12.4. The Kier molecular flexibility index (Phi) is 17.5. The Balaban J connectivity index is 4.38. The van der Waals surface area contributed by atoms with Crippen LogP contribution in [0.3, 0.4) is 0 Å². The van der Waals surface area contributed by atoms with Gasteiger partial charge in [-0.2, -0.15) is 0 Å². The molecule has 0 heterocycles. The van der Waals surface area contributed by atoms with Crippen LogP contribution in [0.1, 0.15) is 125 Å². The van der Waals surface area contributed by atoms with E-state index in [1.807, 2.05) is 0 Å². The summed E-state index contributed by atoms with van der Waals surface area (Å²) in [5.74, 6) is 1.36. The molecule has 0 saturated carbocycles. The first-order valence-corrected chi connectivity index (χ1v) is 11.8. The molecule has 0 radical (unpaired) electrons. The number of esters is 1. The highest BCUT2D eigenvalue weighted by molar-refractivity contribution is 5.72. The number of unbranched alkanes of at least 4 members (excludes halogenated alkanes) is 7. The molecule has 156 valence electrons. The summed E-state index contributed by atoms with van der Waals surface area (Å²) in [6, 6.07) is 0. The van der Waals surface area contributed by atoms with Crippen molar-refractivity contribution in [3.05, 3.63) is 0 Å². The summed E-state index contributed by atoms with van der Waals surface area (Å²) in [7, 11) is 0. The topological polar surface area (TPSA) is 26.3 Å². The van der Waals surface area contributed by atoms with Gasteiger partial charge in [-0.3, -0.25) is 4.79 Å². The Hall–Kier alpha value is -0.530. The molecule has 0 aromatic heterocycles. The van der Waals surface area contributed by atoms with Gasteiger partial charge in [0.15, 0.2) is 0 Å². The normalized spacial score (nSPS) is 14.8. The van der Waals surface area contributed by atoms with Crippen molar-refractivity contribution in [1.82, 2.24) is 0 Å². The Labute approximate surface area is 164 Å². The van der Waals surface area contributed by atoms with Crippen LogP contribution in [0, 0.1) is 17.8 Å². The highest BCUT2D eigenvalue weighted by Gasteiger charge is 2.22. The van der Waals surface area contributed by atoms with Crippen molar-refractivity contribution < 1.29 is 9.53 Å². The Morgan fingerprint density at radius 2 is 1.31 bits per heavy atom. The van der Waals surface area contributed by atoms with Crippen molar-refractivity contribution in [2.75, 3.05) is 6.61 Å². The summed E-state index contributed by atoms with van der Waals surface area (Å²) in [4.78, 5) is 12.4. The van der Waals surface area contributed by atoms with Crippen molar-refractivity contribution in [3.63, 3.8) is 0 Å². The van der Waals surface area contributed by atoms with Crippen LogP contribution in [-0.2, 0) is 9.53 Å². The molecule has 0 aromatic carbocycles. The van der Waals surface area contributed by atoms with Gasteiger partial charge in [0.1, 0.15) is 0 Å². The second-order valence-corrected chi connectivity index (χ2v) is 8.31. The van der Waals surface area contributed by atoms with Crippen LogP contribution in [0.25, 0.3) is 0 Å². The number of rotatable bonds is 18. The average Bonchev–Trinajstić information content (AvgIpc) is 2.65. The molecule has 0 saturated heterocycles. The third-order valence-corrected chi connectivity index (χ3v) is 5.92. The molecule has 2 heteroatoms. The maximum atomic E-state index is 12.4. The van der Waals surface area contributed by atoms with Crippen molar-refractivity contribution in [3.8, 4) is 0 Å². The number of carbonyl (C=O) groups excluding carboxylic acids is 1. The maximum Gasteiger partial charge on any atom is 0.308 e. The number of hydrogen-bond donors (Lipinski definition) is 0. The van der Waals surface area contributed by atoms with Gasteiger partial charge in [-0.15, -0.1) is 0 Å².